The number of carbonyl (C=O) groups is 1. The lowest BCUT2D eigenvalue weighted by molar-refractivity contribution is 0.0949. The number of aliphatic hydroxyl groups excluding tert-OH is 1. The molecular formula is C30H26N4O2S3. The number of carbonyl (C=O) groups excluding carboxylic acids is 1. The number of hydrogen-bond acceptors (Lipinski definition) is 8. The van der Waals surface area contributed by atoms with Gasteiger partial charge in [0.15, 0.2) is 5.13 Å². The molecule has 0 radical (unpaired) electrons. The molecule has 0 aliphatic heterocycles. The van der Waals surface area contributed by atoms with Gasteiger partial charge in [-0.25, -0.2) is 9.97 Å². The number of aryl methyl sites for hydroxylation is 1. The van der Waals surface area contributed by atoms with Gasteiger partial charge >= 0.3 is 0 Å². The average Bonchev–Trinajstić information content (AvgIpc) is 3.40. The molecular weight excluding hydrogens is 545 g/mol. The van der Waals surface area contributed by atoms with Crippen LogP contribution < -0.4 is 10.6 Å². The van der Waals surface area contributed by atoms with Crippen LogP contribution in [0.4, 0.5) is 10.9 Å². The fourth-order valence-corrected chi connectivity index (χ4v) is 6.77. The third-order valence-corrected chi connectivity index (χ3v) is 9.07. The minimum atomic E-state index is -0.118. The molecule has 9 heteroatoms. The Morgan fingerprint density at radius 1 is 0.897 bits per heavy atom. The number of aliphatic hydroxyl groups is 1. The van der Waals surface area contributed by atoms with Crippen molar-refractivity contribution in [1.29, 1.82) is 0 Å². The van der Waals surface area contributed by atoms with Gasteiger partial charge in [0.05, 0.1) is 17.0 Å². The van der Waals surface area contributed by atoms with Gasteiger partial charge < -0.3 is 15.7 Å². The normalized spacial score (nSPS) is 10.8. The number of pyridine rings is 1. The first-order chi connectivity index (χ1) is 19.1. The molecule has 2 heterocycles. The molecule has 6 nitrogen and oxygen atoms in total. The molecule has 0 aliphatic rings. The van der Waals surface area contributed by atoms with Crippen molar-refractivity contribution >= 4 is 51.7 Å². The Hall–Kier alpha value is -3.63. The van der Waals surface area contributed by atoms with Crippen LogP contribution in [0, 0.1) is 6.92 Å². The van der Waals surface area contributed by atoms with Crippen LogP contribution in [0.2, 0.25) is 0 Å². The van der Waals surface area contributed by atoms with E-state index in [1.165, 1.54) is 11.3 Å². The first-order valence-electron chi connectivity index (χ1n) is 12.2. The summed E-state index contributed by atoms with van der Waals surface area (Å²) in [5.74, 6) is 0.627. The van der Waals surface area contributed by atoms with Crippen LogP contribution in [0.15, 0.2) is 116 Å². The molecule has 0 fully saturated rings. The van der Waals surface area contributed by atoms with Crippen LogP contribution in [-0.4, -0.2) is 21.0 Å². The number of nitrogens with one attached hydrogen (secondary N) is 2. The van der Waals surface area contributed by atoms with E-state index in [9.17, 15) is 9.90 Å². The lowest BCUT2D eigenvalue weighted by Crippen LogP contribution is -2.24. The standard InChI is InChI=1S/C30H26N4O2S3/c1-20-13-14-23(37-28-18-33-30(39-28)34-27-12-6-7-15-31-27)16-24(20)29(36)32-17-21-8-2-4-10-25(21)38-26-11-5-3-9-22(26)19-35/h2-16,18,35H,17,19H2,1H3,(H,32,36)(H,31,33,34). The SMILES string of the molecule is Cc1ccc(Sc2cnc(Nc3ccccn3)s2)cc1C(=O)NCc1ccccc1Sc1ccccc1CO. The molecule has 0 unspecified atom stereocenters. The topological polar surface area (TPSA) is 87.1 Å². The second-order valence-corrected chi connectivity index (χ2v) is 12.0. The van der Waals surface area contributed by atoms with Gasteiger partial charge in [-0.15, -0.1) is 0 Å². The minimum absolute atomic E-state index is 0.0146. The van der Waals surface area contributed by atoms with E-state index in [0.717, 1.165) is 46.5 Å². The van der Waals surface area contributed by atoms with E-state index >= 15 is 0 Å². The molecule has 5 aromatic rings. The Morgan fingerprint density at radius 3 is 2.41 bits per heavy atom. The van der Waals surface area contributed by atoms with E-state index < -0.39 is 0 Å². The quantitative estimate of drug-likeness (QED) is 0.162. The Kier molecular flexibility index (Phi) is 8.95. The Morgan fingerprint density at radius 2 is 1.64 bits per heavy atom. The maximum Gasteiger partial charge on any atom is 0.251 e. The summed E-state index contributed by atoms with van der Waals surface area (Å²) >= 11 is 4.70. The molecule has 0 aliphatic carbocycles. The van der Waals surface area contributed by atoms with Gasteiger partial charge in [-0.3, -0.25) is 4.79 Å². The third-order valence-electron chi connectivity index (χ3n) is 5.83. The molecule has 196 valence electrons. The van der Waals surface area contributed by atoms with E-state index in [-0.39, 0.29) is 12.5 Å². The Labute approximate surface area is 240 Å². The molecule has 3 aromatic carbocycles. The third kappa shape index (κ3) is 7.07. The Balaban J connectivity index is 1.25. The summed E-state index contributed by atoms with van der Waals surface area (Å²) in [7, 11) is 0. The number of aromatic nitrogens is 2. The van der Waals surface area contributed by atoms with Crippen LogP contribution in [-0.2, 0) is 13.2 Å². The van der Waals surface area contributed by atoms with Crippen molar-refractivity contribution in [2.24, 2.45) is 0 Å². The van der Waals surface area contributed by atoms with Gasteiger partial charge in [-0.1, -0.05) is 83.4 Å². The molecule has 5 rings (SSSR count). The number of anilines is 2. The van der Waals surface area contributed by atoms with Crippen molar-refractivity contribution in [2.75, 3.05) is 5.32 Å². The van der Waals surface area contributed by atoms with Crippen LogP contribution in [0.5, 0.6) is 0 Å². The van der Waals surface area contributed by atoms with E-state index in [0.29, 0.717) is 12.1 Å². The summed E-state index contributed by atoms with van der Waals surface area (Å²) in [4.78, 5) is 25.0. The Bertz CT molecular complexity index is 1570. The van der Waals surface area contributed by atoms with Crippen molar-refractivity contribution in [3.8, 4) is 0 Å². The van der Waals surface area contributed by atoms with Gasteiger partial charge in [0, 0.05) is 33.0 Å². The second-order valence-electron chi connectivity index (χ2n) is 8.56. The van der Waals surface area contributed by atoms with Crippen molar-refractivity contribution in [3.05, 3.63) is 120 Å². The fourth-order valence-electron chi connectivity index (χ4n) is 3.81. The highest BCUT2D eigenvalue weighted by molar-refractivity contribution is 8.01. The lowest BCUT2D eigenvalue weighted by atomic mass is 10.1. The van der Waals surface area contributed by atoms with Crippen LogP contribution >= 0.6 is 34.9 Å². The summed E-state index contributed by atoms with van der Waals surface area (Å²) in [5, 5.41) is 16.8. The highest BCUT2D eigenvalue weighted by Crippen LogP contribution is 2.36. The maximum atomic E-state index is 13.2. The van der Waals surface area contributed by atoms with E-state index in [2.05, 4.69) is 20.6 Å². The van der Waals surface area contributed by atoms with Gasteiger partial charge in [-0.2, -0.15) is 0 Å². The number of rotatable bonds is 10. The van der Waals surface area contributed by atoms with Gasteiger partial charge in [0.25, 0.3) is 5.91 Å². The number of thiazole rings is 1. The van der Waals surface area contributed by atoms with E-state index in [4.69, 9.17) is 0 Å². The molecule has 39 heavy (non-hydrogen) atoms. The van der Waals surface area contributed by atoms with Gasteiger partial charge in [-0.05, 0) is 60.0 Å². The minimum Gasteiger partial charge on any atom is -0.392 e. The predicted molar refractivity (Wildman–Crippen MR) is 159 cm³/mol. The first-order valence-corrected chi connectivity index (χ1v) is 14.7. The molecule has 1 amide bonds. The smallest absolute Gasteiger partial charge is 0.251 e. The molecule has 0 saturated carbocycles. The fraction of sp³-hybridized carbons (Fsp3) is 0.100. The van der Waals surface area contributed by atoms with E-state index in [1.54, 1.807) is 29.7 Å². The first kappa shape index (κ1) is 27.0. The van der Waals surface area contributed by atoms with Gasteiger partial charge in [0.2, 0.25) is 0 Å². The molecule has 3 N–H and O–H groups in total. The van der Waals surface area contributed by atoms with Crippen molar-refractivity contribution < 1.29 is 9.90 Å². The average molecular weight is 571 g/mol. The predicted octanol–water partition coefficient (Wildman–Crippen LogP) is 7.31. The summed E-state index contributed by atoms with van der Waals surface area (Å²) in [6.07, 6.45) is 3.56. The molecule has 0 bridgehead atoms. The van der Waals surface area contributed by atoms with Crippen molar-refractivity contribution in [1.82, 2.24) is 15.3 Å². The zero-order valence-electron chi connectivity index (χ0n) is 21.1. The summed E-state index contributed by atoms with van der Waals surface area (Å²) in [6.45, 7) is 2.33. The number of hydrogen-bond donors (Lipinski definition) is 3. The number of benzene rings is 3. The summed E-state index contributed by atoms with van der Waals surface area (Å²) in [5.41, 5.74) is 3.46. The monoisotopic (exact) mass is 570 g/mol. The van der Waals surface area contributed by atoms with Crippen LogP contribution in [0.25, 0.3) is 0 Å². The highest BCUT2D eigenvalue weighted by Gasteiger charge is 2.14. The highest BCUT2D eigenvalue weighted by atomic mass is 32.2. The molecule has 2 aromatic heterocycles. The summed E-state index contributed by atoms with van der Waals surface area (Å²) < 4.78 is 1.01. The molecule has 0 spiro atoms. The largest absolute Gasteiger partial charge is 0.392 e. The van der Waals surface area contributed by atoms with Crippen LogP contribution in [0.1, 0.15) is 27.0 Å². The van der Waals surface area contributed by atoms with E-state index in [1.807, 2.05) is 98.0 Å². The second kappa shape index (κ2) is 12.9. The lowest BCUT2D eigenvalue weighted by Gasteiger charge is -2.13. The number of amides is 1. The van der Waals surface area contributed by atoms with Crippen molar-refractivity contribution in [3.63, 3.8) is 0 Å². The van der Waals surface area contributed by atoms with Crippen LogP contribution in [0.3, 0.4) is 0 Å². The summed E-state index contributed by atoms with van der Waals surface area (Å²) in [6, 6.07) is 27.4. The molecule has 0 atom stereocenters. The number of nitrogens with zero attached hydrogens (tertiary/aromatic N) is 2. The maximum absolute atomic E-state index is 13.2. The zero-order valence-corrected chi connectivity index (χ0v) is 23.6. The van der Waals surface area contributed by atoms with Gasteiger partial charge in [0.1, 0.15) is 5.82 Å². The molecule has 0 saturated heterocycles. The van der Waals surface area contributed by atoms with Crippen molar-refractivity contribution in [2.45, 2.75) is 39.0 Å². The zero-order chi connectivity index (χ0) is 27.0.